The Morgan fingerprint density at radius 2 is 1.93 bits per heavy atom. The van der Waals surface area contributed by atoms with Crippen LogP contribution in [0, 0.1) is 17.2 Å². The van der Waals surface area contributed by atoms with E-state index in [1.165, 1.54) is 6.26 Å². The standard InChI is InChI=1S/C10H20N2O2S/c1-10(2)9-12(6-4-5-11)7-8-15(3,13)14/h10H,4,6-9H2,1-3H3. The van der Waals surface area contributed by atoms with Gasteiger partial charge in [-0.25, -0.2) is 8.42 Å². The van der Waals surface area contributed by atoms with Crippen molar-refractivity contribution in [3.05, 3.63) is 0 Å². The Labute approximate surface area is 92.8 Å². The lowest BCUT2D eigenvalue weighted by atomic mass is 10.2. The van der Waals surface area contributed by atoms with Gasteiger partial charge in [0, 0.05) is 32.3 Å². The number of nitrogens with zero attached hydrogens (tertiary/aromatic N) is 2. The summed E-state index contributed by atoms with van der Waals surface area (Å²) in [5.74, 6) is 0.661. The normalized spacial score (nSPS) is 12.0. The van der Waals surface area contributed by atoms with Gasteiger partial charge in [0.15, 0.2) is 0 Å². The summed E-state index contributed by atoms with van der Waals surface area (Å²) in [6, 6.07) is 2.08. The summed E-state index contributed by atoms with van der Waals surface area (Å²) in [6.07, 6.45) is 1.70. The van der Waals surface area contributed by atoms with Crippen LogP contribution >= 0.6 is 0 Å². The van der Waals surface area contributed by atoms with Gasteiger partial charge in [0.2, 0.25) is 0 Å². The Bertz CT molecular complexity index is 304. The summed E-state index contributed by atoms with van der Waals surface area (Å²) in [5, 5.41) is 8.48. The first-order valence-corrected chi connectivity index (χ1v) is 7.18. The van der Waals surface area contributed by atoms with Crippen molar-refractivity contribution >= 4 is 9.84 Å². The number of rotatable bonds is 7. The van der Waals surface area contributed by atoms with Crippen molar-refractivity contribution in [1.82, 2.24) is 4.90 Å². The molecule has 0 heterocycles. The molecule has 0 unspecified atom stereocenters. The first-order chi connectivity index (χ1) is 6.85. The largest absolute Gasteiger partial charge is 0.301 e. The zero-order valence-electron chi connectivity index (χ0n) is 9.73. The molecule has 0 aromatic carbocycles. The quantitative estimate of drug-likeness (QED) is 0.654. The van der Waals surface area contributed by atoms with Gasteiger partial charge >= 0.3 is 0 Å². The third-order valence-corrected chi connectivity index (χ3v) is 2.87. The van der Waals surface area contributed by atoms with Crippen molar-refractivity contribution in [2.45, 2.75) is 20.3 Å². The molecule has 5 heteroatoms. The highest BCUT2D eigenvalue weighted by Crippen LogP contribution is 2.00. The average molecular weight is 232 g/mol. The fourth-order valence-electron chi connectivity index (χ4n) is 1.31. The van der Waals surface area contributed by atoms with Crippen molar-refractivity contribution in [3.8, 4) is 6.07 Å². The maximum absolute atomic E-state index is 11.0. The van der Waals surface area contributed by atoms with E-state index in [0.717, 1.165) is 6.54 Å². The molecule has 0 bridgehead atoms. The van der Waals surface area contributed by atoms with Gasteiger partial charge in [-0.15, -0.1) is 0 Å². The zero-order valence-corrected chi connectivity index (χ0v) is 10.5. The van der Waals surface area contributed by atoms with Gasteiger partial charge in [-0.3, -0.25) is 0 Å². The highest BCUT2D eigenvalue weighted by Gasteiger charge is 2.10. The Hall–Kier alpha value is -0.600. The molecule has 0 aliphatic carbocycles. The molecular weight excluding hydrogens is 212 g/mol. The lowest BCUT2D eigenvalue weighted by molar-refractivity contribution is 0.263. The van der Waals surface area contributed by atoms with Crippen LogP contribution in [0.15, 0.2) is 0 Å². The van der Waals surface area contributed by atoms with E-state index in [1.807, 2.05) is 4.90 Å². The summed E-state index contributed by atoms with van der Waals surface area (Å²) >= 11 is 0. The second-order valence-electron chi connectivity index (χ2n) is 4.23. The van der Waals surface area contributed by atoms with Crippen molar-refractivity contribution in [2.75, 3.05) is 31.6 Å². The van der Waals surface area contributed by atoms with Gasteiger partial charge in [0.05, 0.1) is 11.8 Å². The van der Waals surface area contributed by atoms with Gasteiger partial charge in [0.1, 0.15) is 9.84 Å². The molecule has 0 aromatic rings. The molecule has 88 valence electrons. The van der Waals surface area contributed by atoms with Crippen molar-refractivity contribution in [3.63, 3.8) is 0 Å². The van der Waals surface area contributed by atoms with Gasteiger partial charge < -0.3 is 4.90 Å². The summed E-state index contributed by atoms with van der Waals surface area (Å²) in [6.45, 7) is 6.19. The Balaban J connectivity index is 4.07. The van der Waals surface area contributed by atoms with E-state index in [-0.39, 0.29) is 5.75 Å². The molecule has 0 aromatic heterocycles. The lowest BCUT2D eigenvalue weighted by Crippen LogP contribution is -2.33. The molecule has 4 nitrogen and oxygen atoms in total. The van der Waals surface area contributed by atoms with E-state index in [9.17, 15) is 8.42 Å². The molecule has 0 fully saturated rings. The summed E-state index contributed by atoms with van der Waals surface area (Å²) in [5.41, 5.74) is 0. The smallest absolute Gasteiger partial charge is 0.148 e. The van der Waals surface area contributed by atoms with Crippen LogP contribution in [0.1, 0.15) is 20.3 Å². The highest BCUT2D eigenvalue weighted by atomic mass is 32.2. The Kier molecular flexibility index (Phi) is 6.53. The highest BCUT2D eigenvalue weighted by molar-refractivity contribution is 7.90. The molecule has 0 rings (SSSR count). The van der Waals surface area contributed by atoms with E-state index >= 15 is 0 Å². The van der Waals surface area contributed by atoms with Crippen LogP contribution in [-0.4, -0.2) is 45.0 Å². The second kappa shape index (κ2) is 6.81. The molecule has 0 N–H and O–H groups in total. The third-order valence-electron chi connectivity index (χ3n) is 1.94. The Morgan fingerprint density at radius 3 is 2.33 bits per heavy atom. The minimum Gasteiger partial charge on any atom is -0.301 e. The van der Waals surface area contributed by atoms with Crippen LogP contribution in [0.5, 0.6) is 0 Å². The number of hydrogen-bond acceptors (Lipinski definition) is 4. The monoisotopic (exact) mass is 232 g/mol. The van der Waals surface area contributed by atoms with Gasteiger partial charge in [0.25, 0.3) is 0 Å². The zero-order chi connectivity index (χ0) is 11.9. The van der Waals surface area contributed by atoms with Crippen molar-refractivity contribution in [1.29, 1.82) is 5.26 Å². The SMILES string of the molecule is CC(C)CN(CCC#N)CCS(C)(=O)=O. The van der Waals surface area contributed by atoms with Crippen molar-refractivity contribution in [2.24, 2.45) is 5.92 Å². The van der Waals surface area contributed by atoms with E-state index in [1.54, 1.807) is 0 Å². The average Bonchev–Trinajstić information content (AvgIpc) is 2.07. The summed E-state index contributed by atoms with van der Waals surface area (Å²) in [4.78, 5) is 2.04. The van der Waals surface area contributed by atoms with E-state index in [4.69, 9.17) is 5.26 Å². The van der Waals surface area contributed by atoms with Gasteiger partial charge in [-0.1, -0.05) is 13.8 Å². The van der Waals surface area contributed by atoms with E-state index in [2.05, 4.69) is 19.9 Å². The number of nitriles is 1. The van der Waals surface area contributed by atoms with Crippen LogP contribution in [0.2, 0.25) is 0 Å². The van der Waals surface area contributed by atoms with Crippen LogP contribution in [0.4, 0.5) is 0 Å². The minimum absolute atomic E-state index is 0.172. The number of sulfone groups is 1. The maximum Gasteiger partial charge on any atom is 0.148 e. The van der Waals surface area contributed by atoms with Gasteiger partial charge in [-0.05, 0) is 5.92 Å². The molecule has 0 spiro atoms. The summed E-state index contributed by atoms with van der Waals surface area (Å²) < 4.78 is 22.0. The van der Waals surface area contributed by atoms with E-state index < -0.39 is 9.84 Å². The molecular formula is C10H20N2O2S. The molecule has 0 aliphatic heterocycles. The Morgan fingerprint density at radius 1 is 1.33 bits per heavy atom. The lowest BCUT2D eigenvalue weighted by Gasteiger charge is -2.22. The second-order valence-corrected chi connectivity index (χ2v) is 6.49. The molecule has 0 atom stereocenters. The molecule has 15 heavy (non-hydrogen) atoms. The molecule has 0 saturated heterocycles. The van der Waals surface area contributed by atoms with Crippen LogP contribution < -0.4 is 0 Å². The van der Waals surface area contributed by atoms with Crippen LogP contribution in [0.3, 0.4) is 0 Å². The fourth-order valence-corrected chi connectivity index (χ4v) is 1.90. The maximum atomic E-state index is 11.0. The van der Waals surface area contributed by atoms with Crippen LogP contribution in [0.25, 0.3) is 0 Å². The third kappa shape index (κ3) is 9.70. The van der Waals surface area contributed by atoms with Crippen molar-refractivity contribution < 1.29 is 8.42 Å². The van der Waals surface area contributed by atoms with E-state index in [0.29, 0.717) is 25.4 Å². The molecule has 0 radical (unpaired) electrons. The predicted molar refractivity (Wildman–Crippen MR) is 61.2 cm³/mol. The van der Waals surface area contributed by atoms with Gasteiger partial charge in [-0.2, -0.15) is 5.26 Å². The molecule has 0 aliphatic rings. The topological polar surface area (TPSA) is 61.2 Å². The minimum atomic E-state index is -2.90. The number of hydrogen-bond donors (Lipinski definition) is 0. The molecule has 0 amide bonds. The molecule has 0 saturated carbocycles. The predicted octanol–water partition coefficient (Wildman–Crippen LogP) is 0.903. The first kappa shape index (κ1) is 14.4. The summed E-state index contributed by atoms with van der Waals surface area (Å²) in [7, 11) is -2.90. The fraction of sp³-hybridized carbons (Fsp3) is 0.900. The van der Waals surface area contributed by atoms with Crippen LogP contribution in [-0.2, 0) is 9.84 Å². The first-order valence-electron chi connectivity index (χ1n) is 5.12.